The summed E-state index contributed by atoms with van der Waals surface area (Å²) in [5.41, 5.74) is 1.25. The van der Waals surface area contributed by atoms with Crippen molar-refractivity contribution < 1.29 is 9.47 Å². The lowest BCUT2D eigenvalue weighted by molar-refractivity contribution is 0.171. The number of hydrogen-bond donors (Lipinski definition) is 1. The Kier molecular flexibility index (Phi) is 3.55. The van der Waals surface area contributed by atoms with Crippen molar-refractivity contribution in [2.45, 2.75) is 12.8 Å². The maximum atomic E-state index is 5.65. The summed E-state index contributed by atoms with van der Waals surface area (Å²) in [6.07, 6.45) is 2.38. The highest BCUT2D eigenvalue weighted by Gasteiger charge is 2.15. The van der Waals surface area contributed by atoms with E-state index in [-0.39, 0.29) is 0 Å². The molecule has 4 heteroatoms. The first kappa shape index (κ1) is 11.7. The molecule has 1 fully saturated rings. The summed E-state index contributed by atoms with van der Waals surface area (Å²) in [6, 6.07) is 6.28. The zero-order valence-corrected chi connectivity index (χ0v) is 10.7. The van der Waals surface area contributed by atoms with Gasteiger partial charge in [0.1, 0.15) is 13.2 Å². The highest BCUT2D eigenvalue weighted by Crippen LogP contribution is 2.34. The van der Waals surface area contributed by atoms with Crippen molar-refractivity contribution in [1.29, 1.82) is 0 Å². The van der Waals surface area contributed by atoms with Gasteiger partial charge in [-0.2, -0.15) is 0 Å². The van der Waals surface area contributed by atoms with E-state index in [0.29, 0.717) is 13.2 Å². The van der Waals surface area contributed by atoms with Crippen molar-refractivity contribution in [3.05, 3.63) is 18.2 Å². The maximum absolute atomic E-state index is 5.65. The number of hydrogen-bond acceptors (Lipinski definition) is 4. The van der Waals surface area contributed by atoms with Gasteiger partial charge in [-0.15, -0.1) is 0 Å². The van der Waals surface area contributed by atoms with Crippen LogP contribution in [0.4, 0.5) is 5.69 Å². The van der Waals surface area contributed by atoms with E-state index >= 15 is 0 Å². The Labute approximate surface area is 108 Å². The average Bonchev–Trinajstić information content (AvgIpc) is 2.38. The molecule has 98 valence electrons. The van der Waals surface area contributed by atoms with Crippen LogP contribution in [0.25, 0.3) is 0 Å². The average molecular weight is 248 g/mol. The molecule has 0 unspecified atom stereocenters. The third kappa shape index (κ3) is 2.53. The van der Waals surface area contributed by atoms with Crippen molar-refractivity contribution in [3.63, 3.8) is 0 Å². The lowest BCUT2D eigenvalue weighted by atomic mass is 10.2. The van der Waals surface area contributed by atoms with E-state index in [1.54, 1.807) is 0 Å². The summed E-state index contributed by atoms with van der Waals surface area (Å²) in [6.45, 7) is 5.74. The van der Waals surface area contributed by atoms with Gasteiger partial charge in [0.05, 0.1) is 0 Å². The standard InChI is InChI=1S/C14H20N2O2/c1-5-15-6-2-8-16(7-1)12-3-4-13-14(11-12)18-10-9-17-13/h3-4,11,15H,1-2,5-10H2. The van der Waals surface area contributed by atoms with Crippen molar-refractivity contribution in [1.82, 2.24) is 5.32 Å². The molecule has 18 heavy (non-hydrogen) atoms. The summed E-state index contributed by atoms with van der Waals surface area (Å²) < 4.78 is 11.2. The molecule has 0 spiro atoms. The Morgan fingerprint density at radius 2 is 1.67 bits per heavy atom. The molecule has 3 rings (SSSR count). The van der Waals surface area contributed by atoms with Crippen LogP contribution in [0, 0.1) is 0 Å². The van der Waals surface area contributed by atoms with Crippen LogP contribution >= 0.6 is 0 Å². The molecule has 2 aliphatic heterocycles. The van der Waals surface area contributed by atoms with Gasteiger partial charge in [0.2, 0.25) is 0 Å². The normalized spacial score (nSPS) is 20.1. The number of anilines is 1. The first-order chi connectivity index (χ1) is 8.93. The fraction of sp³-hybridized carbons (Fsp3) is 0.571. The molecule has 4 nitrogen and oxygen atoms in total. The van der Waals surface area contributed by atoms with Gasteiger partial charge < -0.3 is 19.7 Å². The first-order valence-corrected chi connectivity index (χ1v) is 6.79. The molecule has 0 atom stereocenters. The Bertz CT molecular complexity index is 401. The minimum atomic E-state index is 0.653. The molecule has 0 saturated carbocycles. The highest BCUT2D eigenvalue weighted by atomic mass is 16.6. The quantitative estimate of drug-likeness (QED) is 0.819. The topological polar surface area (TPSA) is 33.7 Å². The third-order valence-electron chi connectivity index (χ3n) is 3.45. The summed E-state index contributed by atoms with van der Waals surface area (Å²) >= 11 is 0. The lowest BCUT2D eigenvalue weighted by Crippen LogP contribution is -2.34. The molecule has 1 aromatic carbocycles. The van der Waals surface area contributed by atoms with E-state index < -0.39 is 0 Å². The predicted octanol–water partition coefficient (Wildman–Crippen LogP) is 1.65. The number of nitrogens with one attached hydrogen (secondary N) is 1. The number of ether oxygens (including phenoxy) is 2. The number of fused-ring (bicyclic) bond motifs is 1. The second-order valence-corrected chi connectivity index (χ2v) is 4.77. The molecular formula is C14H20N2O2. The van der Waals surface area contributed by atoms with E-state index in [1.807, 2.05) is 6.07 Å². The van der Waals surface area contributed by atoms with Crippen LogP contribution in [0.5, 0.6) is 11.5 Å². The monoisotopic (exact) mass is 248 g/mol. The summed E-state index contributed by atoms with van der Waals surface area (Å²) in [5.74, 6) is 1.76. The molecule has 0 bridgehead atoms. The molecule has 0 aromatic heterocycles. The summed E-state index contributed by atoms with van der Waals surface area (Å²) in [4.78, 5) is 2.44. The SMILES string of the molecule is c1cc2c(cc1N1CCCNCCC1)OCCO2. The Hall–Kier alpha value is -1.42. The van der Waals surface area contributed by atoms with E-state index in [1.165, 1.54) is 18.5 Å². The van der Waals surface area contributed by atoms with Crippen LogP contribution < -0.4 is 19.7 Å². The zero-order valence-electron chi connectivity index (χ0n) is 10.7. The zero-order chi connectivity index (χ0) is 12.2. The van der Waals surface area contributed by atoms with Crippen LogP contribution in [0.3, 0.4) is 0 Å². The summed E-state index contributed by atoms with van der Waals surface area (Å²) in [5, 5.41) is 3.44. The molecule has 2 aliphatic rings. The Balaban J connectivity index is 1.77. The van der Waals surface area contributed by atoms with Gasteiger partial charge in [0, 0.05) is 24.8 Å². The van der Waals surface area contributed by atoms with Gasteiger partial charge in [-0.3, -0.25) is 0 Å². The van der Waals surface area contributed by atoms with E-state index in [9.17, 15) is 0 Å². The highest BCUT2D eigenvalue weighted by molar-refractivity contribution is 5.56. The fourth-order valence-corrected chi connectivity index (χ4v) is 2.51. The van der Waals surface area contributed by atoms with Crippen LogP contribution in [-0.2, 0) is 0 Å². The van der Waals surface area contributed by atoms with Gasteiger partial charge in [-0.1, -0.05) is 0 Å². The van der Waals surface area contributed by atoms with Crippen LogP contribution in [0.1, 0.15) is 12.8 Å². The van der Waals surface area contributed by atoms with Crippen molar-refractivity contribution >= 4 is 5.69 Å². The van der Waals surface area contributed by atoms with Gasteiger partial charge >= 0.3 is 0 Å². The van der Waals surface area contributed by atoms with Crippen molar-refractivity contribution in [3.8, 4) is 11.5 Å². The Morgan fingerprint density at radius 1 is 0.944 bits per heavy atom. The fourth-order valence-electron chi connectivity index (χ4n) is 2.51. The second-order valence-electron chi connectivity index (χ2n) is 4.77. The smallest absolute Gasteiger partial charge is 0.163 e. The molecule has 0 amide bonds. The van der Waals surface area contributed by atoms with Crippen molar-refractivity contribution in [2.24, 2.45) is 0 Å². The van der Waals surface area contributed by atoms with Gasteiger partial charge in [-0.05, 0) is 38.1 Å². The second kappa shape index (κ2) is 5.48. The minimum Gasteiger partial charge on any atom is -0.486 e. The molecule has 0 aliphatic carbocycles. The lowest BCUT2D eigenvalue weighted by Gasteiger charge is -2.28. The van der Waals surface area contributed by atoms with Gasteiger partial charge in [0.25, 0.3) is 0 Å². The minimum absolute atomic E-state index is 0.653. The van der Waals surface area contributed by atoms with E-state index in [4.69, 9.17) is 9.47 Å². The number of rotatable bonds is 1. The number of benzene rings is 1. The predicted molar refractivity (Wildman–Crippen MR) is 71.7 cm³/mol. The van der Waals surface area contributed by atoms with E-state index in [2.05, 4.69) is 22.3 Å². The molecule has 1 saturated heterocycles. The van der Waals surface area contributed by atoms with Crippen LogP contribution in [0.15, 0.2) is 18.2 Å². The molecule has 2 heterocycles. The number of nitrogens with zero attached hydrogens (tertiary/aromatic N) is 1. The van der Waals surface area contributed by atoms with E-state index in [0.717, 1.165) is 37.7 Å². The third-order valence-corrected chi connectivity index (χ3v) is 3.45. The molecular weight excluding hydrogens is 228 g/mol. The first-order valence-electron chi connectivity index (χ1n) is 6.79. The molecule has 1 N–H and O–H groups in total. The van der Waals surface area contributed by atoms with Gasteiger partial charge in [-0.25, -0.2) is 0 Å². The van der Waals surface area contributed by atoms with Crippen LogP contribution in [-0.4, -0.2) is 39.4 Å². The maximum Gasteiger partial charge on any atom is 0.163 e. The Morgan fingerprint density at radius 3 is 2.44 bits per heavy atom. The van der Waals surface area contributed by atoms with Crippen molar-refractivity contribution in [2.75, 3.05) is 44.3 Å². The molecule has 0 radical (unpaired) electrons. The molecule has 1 aromatic rings. The van der Waals surface area contributed by atoms with Gasteiger partial charge in [0.15, 0.2) is 11.5 Å². The summed E-state index contributed by atoms with van der Waals surface area (Å²) in [7, 11) is 0. The van der Waals surface area contributed by atoms with Crippen LogP contribution in [0.2, 0.25) is 0 Å². The largest absolute Gasteiger partial charge is 0.486 e.